The third kappa shape index (κ3) is 2.00. The fourth-order valence-corrected chi connectivity index (χ4v) is 1.47. The first-order valence-corrected chi connectivity index (χ1v) is 4.27. The molecule has 1 aliphatic rings. The van der Waals surface area contributed by atoms with Gasteiger partial charge >= 0.3 is 0 Å². The predicted molar refractivity (Wildman–Crippen MR) is 43.9 cm³/mol. The van der Waals surface area contributed by atoms with E-state index in [9.17, 15) is 10.2 Å². The Bertz CT molecular complexity index is 143. The zero-order chi connectivity index (χ0) is 10.0. The molecule has 0 spiro atoms. The molecule has 0 bridgehead atoms. The fourth-order valence-electron chi connectivity index (χ4n) is 1.47. The lowest BCUT2D eigenvalue weighted by Crippen LogP contribution is -2.55. The lowest BCUT2D eigenvalue weighted by molar-refractivity contribution is -0.280. The molecule has 5 nitrogen and oxygen atoms in total. The molecule has 1 saturated heterocycles. The largest absolute Gasteiger partial charge is 0.394 e. The first-order chi connectivity index (χ1) is 6.11. The maximum Gasteiger partial charge on any atom is 0.186 e. The lowest BCUT2D eigenvalue weighted by atomic mass is 9.91. The summed E-state index contributed by atoms with van der Waals surface area (Å²) in [5, 5.41) is 27.9. The predicted octanol–water partition coefficient (Wildman–Crippen LogP) is -1.29. The van der Waals surface area contributed by atoms with Crippen molar-refractivity contribution < 1.29 is 24.8 Å². The Balaban J connectivity index is 2.66. The smallest absolute Gasteiger partial charge is 0.186 e. The van der Waals surface area contributed by atoms with E-state index in [1.807, 2.05) is 0 Å². The SMILES string of the molecule is CO[C@H]1O[C@@H](CO)[C@H](C)[C@@H](O)[C@@H]1O. The van der Waals surface area contributed by atoms with Crippen LogP contribution in [0.15, 0.2) is 0 Å². The van der Waals surface area contributed by atoms with Gasteiger partial charge in [-0.15, -0.1) is 0 Å². The Morgan fingerprint density at radius 1 is 1.31 bits per heavy atom. The maximum atomic E-state index is 9.53. The summed E-state index contributed by atoms with van der Waals surface area (Å²) in [6, 6.07) is 0. The number of ether oxygens (including phenoxy) is 2. The zero-order valence-corrected chi connectivity index (χ0v) is 7.75. The quantitative estimate of drug-likeness (QED) is 0.507. The van der Waals surface area contributed by atoms with Crippen molar-refractivity contribution in [2.75, 3.05) is 13.7 Å². The summed E-state index contributed by atoms with van der Waals surface area (Å²) in [6.07, 6.45) is -3.31. The van der Waals surface area contributed by atoms with Gasteiger partial charge in [-0.3, -0.25) is 0 Å². The molecule has 1 heterocycles. The first-order valence-electron chi connectivity index (χ1n) is 4.27. The molecule has 0 radical (unpaired) electrons. The van der Waals surface area contributed by atoms with Crippen molar-refractivity contribution in [3.05, 3.63) is 0 Å². The highest BCUT2D eigenvalue weighted by Gasteiger charge is 2.41. The highest BCUT2D eigenvalue weighted by molar-refractivity contribution is 4.86. The van der Waals surface area contributed by atoms with E-state index in [0.717, 1.165) is 0 Å². The van der Waals surface area contributed by atoms with Crippen LogP contribution in [-0.4, -0.2) is 53.6 Å². The molecular formula is C8H16O5. The van der Waals surface area contributed by atoms with E-state index in [4.69, 9.17) is 14.6 Å². The molecule has 5 heteroatoms. The van der Waals surface area contributed by atoms with E-state index in [1.54, 1.807) is 6.92 Å². The Kier molecular flexibility index (Phi) is 3.63. The highest BCUT2D eigenvalue weighted by Crippen LogP contribution is 2.25. The molecule has 3 N–H and O–H groups in total. The molecule has 78 valence electrons. The Labute approximate surface area is 76.9 Å². The molecule has 0 aliphatic carbocycles. The Morgan fingerprint density at radius 3 is 2.38 bits per heavy atom. The molecule has 0 aromatic rings. The number of aliphatic hydroxyl groups excluding tert-OH is 3. The zero-order valence-electron chi connectivity index (χ0n) is 7.75. The summed E-state index contributed by atoms with van der Waals surface area (Å²) in [5.74, 6) is -0.300. The average Bonchev–Trinajstić information content (AvgIpc) is 2.15. The van der Waals surface area contributed by atoms with E-state index in [1.165, 1.54) is 7.11 Å². The summed E-state index contributed by atoms with van der Waals surface area (Å²) in [5.41, 5.74) is 0. The van der Waals surface area contributed by atoms with Crippen LogP contribution in [0.25, 0.3) is 0 Å². The third-order valence-corrected chi connectivity index (χ3v) is 2.48. The van der Waals surface area contributed by atoms with Gasteiger partial charge in [0.25, 0.3) is 0 Å². The lowest BCUT2D eigenvalue weighted by Gasteiger charge is -2.40. The standard InChI is InChI=1S/C8H16O5/c1-4-5(3-9)13-8(12-2)7(11)6(4)10/h4-11H,3H2,1-2H3/t4-,5-,6+,7-,8-/m0/s1. The molecule has 1 rings (SSSR count). The van der Waals surface area contributed by atoms with Crippen LogP contribution >= 0.6 is 0 Å². The number of hydrogen-bond donors (Lipinski definition) is 3. The van der Waals surface area contributed by atoms with Gasteiger partial charge in [0.15, 0.2) is 6.29 Å². The minimum absolute atomic E-state index is 0.190. The summed E-state index contributed by atoms with van der Waals surface area (Å²) in [6.45, 7) is 1.52. The summed E-state index contributed by atoms with van der Waals surface area (Å²) >= 11 is 0. The average molecular weight is 192 g/mol. The second kappa shape index (κ2) is 4.34. The van der Waals surface area contributed by atoms with Crippen LogP contribution in [0.4, 0.5) is 0 Å². The molecule has 1 fully saturated rings. The van der Waals surface area contributed by atoms with Gasteiger partial charge in [-0.25, -0.2) is 0 Å². The van der Waals surface area contributed by atoms with E-state index >= 15 is 0 Å². The molecule has 0 aromatic carbocycles. The minimum Gasteiger partial charge on any atom is -0.394 e. The van der Waals surface area contributed by atoms with Gasteiger partial charge in [-0.05, 0) is 0 Å². The van der Waals surface area contributed by atoms with Crippen molar-refractivity contribution in [3.63, 3.8) is 0 Å². The number of aliphatic hydroxyl groups is 3. The maximum absolute atomic E-state index is 9.53. The summed E-state index contributed by atoms with van der Waals surface area (Å²) in [7, 11) is 1.38. The number of rotatable bonds is 2. The van der Waals surface area contributed by atoms with Gasteiger partial charge in [0, 0.05) is 13.0 Å². The van der Waals surface area contributed by atoms with Crippen LogP contribution < -0.4 is 0 Å². The third-order valence-electron chi connectivity index (χ3n) is 2.48. The van der Waals surface area contributed by atoms with Gasteiger partial charge in [0.1, 0.15) is 6.10 Å². The number of methoxy groups -OCH3 is 1. The molecule has 0 saturated carbocycles. The minimum atomic E-state index is -1.05. The Hall–Kier alpha value is -0.200. The van der Waals surface area contributed by atoms with Crippen LogP contribution in [0, 0.1) is 5.92 Å². The van der Waals surface area contributed by atoms with Crippen molar-refractivity contribution >= 4 is 0 Å². The van der Waals surface area contributed by atoms with Crippen LogP contribution in [0.1, 0.15) is 6.92 Å². The van der Waals surface area contributed by atoms with Crippen LogP contribution in [0.2, 0.25) is 0 Å². The Morgan fingerprint density at radius 2 is 1.92 bits per heavy atom. The van der Waals surface area contributed by atoms with Crippen molar-refractivity contribution in [2.24, 2.45) is 5.92 Å². The number of hydrogen-bond acceptors (Lipinski definition) is 5. The van der Waals surface area contributed by atoms with Crippen molar-refractivity contribution in [2.45, 2.75) is 31.5 Å². The highest BCUT2D eigenvalue weighted by atomic mass is 16.7. The van der Waals surface area contributed by atoms with Crippen molar-refractivity contribution in [1.82, 2.24) is 0 Å². The first kappa shape index (κ1) is 10.9. The van der Waals surface area contributed by atoms with Gasteiger partial charge in [-0.1, -0.05) is 6.92 Å². The molecule has 0 amide bonds. The van der Waals surface area contributed by atoms with E-state index < -0.39 is 24.6 Å². The normalized spacial score (nSPS) is 46.4. The molecule has 0 aromatic heterocycles. The van der Waals surface area contributed by atoms with Gasteiger partial charge in [0.2, 0.25) is 0 Å². The van der Waals surface area contributed by atoms with E-state index in [0.29, 0.717) is 0 Å². The van der Waals surface area contributed by atoms with Crippen LogP contribution in [-0.2, 0) is 9.47 Å². The van der Waals surface area contributed by atoms with E-state index in [2.05, 4.69) is 0 Å². The van der Waals surface area contributed by atoms with Crippen molar-refractivity contribution in [1.29, 1.82) is 0 Å². The molecular weight excluding hydrogens is 176 g/mol. The van der Waals surface area contributed by atoms with Gasteiger partial charge in [-0.2, -0.15) is 0 Å². The molecule has 13 heavy (non-hydrogen) atoms. The van der Waals surface area contributed by atoms with Crippen molar-refractivity contribution in [3.8, 4) is 0 Å². The topological polar surface area (TPSA) is 79.2 Å². The monoisotopic (exact) mass is 192 g/mol. The van der Waals surface area contributed by atoms with Gasteiger partial charge in [0.05, 0.1) is 18.8 Å². The summed E-state index contributed by atoms with van der Waals surface area (Å²) < 4.78 is 10.0. The second-order valence-corrected chi connectivity index (χ2v) is 3.30. The van der Waals surface area contributed by atoms with Crippen LogP contribution in [0.3, 0.4) is 0 Å². The molecule has 5 atom stereocenters. The summed E-state index contributed by atoms with van der Waals surface area (Å²) in [4.78, 5) is 0. The molecule has 1 aliphatic heterocycles. The fraction of sp³-hybridized carbons (Fsp3) is 1.00. The molecule has 0 unspecified atom stereocenters. The van der Waals surface area contributed by atoms with Crippen LogP contribution in [0.5, 0.6) is 0 Å². The van der Waals surface area contributed by atoms with Gasteiger partial charge < -0.3 is 24.8 Å². The second-order valence-electron chi connectivity index (χ2n) is 3.30. The van der Waals surface area contributed by atoms with E-state index in [-0.39, 0.29) is 12.5 Å².